The number of pyridine rings is 1. The predicted molar refractivity (Wildman–Crippen MR) is 160 cm³/mol. The van der Waals surface area contributed by atoms with E-state index in [0.29, 0.717) is 46.5 Å². The summed E-state index contributed by atoms with van der Waals surface area (Å²) in [6, 6.07) is 13.1. The third-order valence-electron chi connectivity index (χ3n) is 9.95. The first-order chi connectivity index (χ1) is 20.0. The molecule has 0 aliphatic carbocycles. The van der Waals surface area contributed by atoms with E-state index in [9.17, 15) is 0 Å². The Balaban J connectivity index is 1.25. The van der Waals surface area contributed by atoms with E-state index < -0.39 is 5.82 Å². The lowest BCUT2D eigenvalue weighted by atomic mass is 9.95. The van der Waals surface area contributed by atoms with Crippen molar-refractivity contribution in [3.63, 3.8) is 0 Å². The minimum absolute atomic E-state index is 0.0215. The number of benzene rings is 2. The summed E-state index contributed by atoms with van der Waals surface area (Å²) in [5.74, 6) is 0.231. The van der Waals surface area contributed by atoms with Crippen molar-refractivity contribution >= 4 is 39.1 Å². The van der Waals surface area contributed by atoms with Crippen molar-refractivity contribution in [2.75, 3.05) is 31.1 Å². The van der Waals surface area contributed by atoms with E-state index in [0.717, 1.165) is 56.1 Å². The summed E-state index contributed by atoms with van der Waals surface area (Å²) in [6.07, 6.45) is 8.59. The van der Waals surface area contributed by atoms with Gasteiger partial charge in [0.15, 0.2) is 5.82 Å². The Bertz CT molecular complexity index is 1650. The summed E-state index contributed by atoms with van der Waals surface area (Å²) in [5, 5.41) is 6.58. The fraction of sp³-hybridized carbons (Fsp3) is 0.469. The lowest BCUT2D eigenvalue weighted by molar-refractivity contribution is 0.0889. The first-order valence-electron chi connectivity index (χ1n) is 14.9. The molecule has 2 aromatic carbocycles. The van der Waals surface area contributed by atoms with Crippen molar-refractivity contribution < 1.29 is 9.13 Å². The van der Waals surface area contributed by atoms with Crippen molar-refractivity contribution in [2.24, 2.45) is 0 Å². The van der Waals surface area contributed by atoms with Gasteiger partial charge in [0.1, 0.15) is 23.6 Å². The number of aromatic nitrogens is 3. The van der Waals surface area contributed by atoms with Gasteiger partial charge < -0.3 is 15.0 Å². The van der Waals surface area contributed by atoms with Gasteiger partial charge in [0.25, 0.3) is 0 Å². The first kappa shape index (κ1) is 25.6. The number of anilines is 1. The molecule has 4 aliphatic heterocycles. The molecule has 4 fully saturated rings. The van der Waals surface area contributed by atoms with E-state index in [1.165, 1.54) is 12.8 Å². The normalized spacial score (nSPS) is 27.7. The molecule has 0 radical (unpaired) electrons. The highest BCUT2D eigenvalue weighted by Crippen LogP contribution is 2.43. The lowest BCUT2D eigenvalue weighted by Crippen LogP contribution is -2.51. The zero-order valence-corrected chi connectivity index (χ0v) is 24.0. The summed E-state index contributed by atoms with van der Waals surface area (Å²) >= 11 is 6.61. The van der Waals surface area contributed by atoms with Crippen molar-refractivity contribution in [1.82, 2.24) is 25.2 Å². The first-order valence-corrected chi connectivity index (χ1v) is 15.3. The molecule has 8 rings (SSSR count). The lowest BCUT2D eigenvalue weighted by Gasteiger charge is -2.35. The number of rotatable bonds is 5. The molecule has 7 nitrogen and oxygen atoms in total. The minimum atomic E-state index is -0.475. The fourth-order valence-corrected chi connectivity index (χ4v) is 8.24. The van der Waals surface area contributed by atoms with Crippen LogP contribution in [0.1, 0.15) is 45.4 Å². The maximum Gasteiger partial charge on any atom is 0.319 e. The number of nitrogens with one attached hydrogen (secondary N) is 1. The van der Waals surface area contributed by atoms with Gasteiger partial charge in [0.05, 0.1) is 10.9 Å². The summed E-state index contributed by atoms with van der Waals surface area (Å²) in [6.45, 7) is 5.57. The van der Waals surface area contributed by atoms with Crippen LogP contribution in [0.5, 0.6) is 6.01 Å². The second-order valence-corrected chi connectivity index (χ2v) is 12.8. The molecule has 41 heavy (non-hydrogen) atoms. The average Bonchev–Trinajstić information content (AvgIpc) is 3.65. The summed E-state index contributed by atoms with van der Waals surface area (Å²) < 4.78 is 23.1. The van der Waals surface area contributed by atoms with Crippen LogP contribution < -0.4 is 15.0 Å². The van der Waals surface area contributed by atoms with E-state index in [-0.39, 0.29) is 22.8 Å². The molecule has 4 aromatic rings. The predicted octanol–water partition coefficient (Wildman–Crippen LogP) is 5.97. The van der Waals surface area contributed by atoms with Gasteiger partial charge in [-0.1, -0.05) is 41.9 Å². The molecule has 0 amide bonds. The Morgan fingerprint density at radius 1 is 1.07 bits per heavy atom. The third-order valence-corrected chi connectivity index (χ3v) is 10.3. The van der Waals surface area contributed by atoms with Gasteiger partial charge in [0.2, 0.25) is 0 Å². The highest BCUT2D eigenvalue weighted by Gasteiger charge is 2.48. The van der Waals surface area contributed by atoms with Crippen LogP contribution in [0, 0.1) is 5.82 Å². The van der Waals surface area contributed by atoms with E-state index >= 15 is 4.39 Å². The SMILES string of the molecule is C[C@H]1CCC2(COc3nc(N4CC5CCC(C4)N5)c4cnc(-c5cccc6cccc(Cl)c56)c(F)c4n3)CCCN12. The van der Waals surface area contributed by atoms with Crippen LogP contribution in [0.3, 0.4) is 0 Å². The summed E-state index contributed by atoms with van der Waals surface area (Å²) in [4.78, 5) is 19.2. The topological polar surface area (TPSA) is 66.4 Å². The maximum absolute atomic E-state index is 16.6. The summed E-state index contributed by atoms with van der Waals surface area (Å²) in [5.41, 5.74) is 1.15. The second kappa shape index (κ2) is 9.75. The Morgan fingerprint density at radius 2 is 1.88 bits per heavy atom. The van der Waals surface area contributed by atoms with E-state index in [1.54, 1.807) is 6.20 Å². The van der Waals surface area contributed by atoms with E-state index in [4.69, 9.17) is 26.3 Å². The molecule has 3 unspecified atom stereocenters. The molecular weight excluding hydrogens is 539 g/mol. The molecule has 6 heterocycles. The Morgan fingerprint density at radius 3 is 2.71 bits per heavy atom. The number of nitrogens with zero attached hydrogens (tertiary/aromatic N) is 5. The number of ether oxygens (including phenoxy) is 1. The molecule has 212 valence electrons. The molecule has 1 N–H and O–H groups in total. The van der Waals surface area contributed by atoms with Crippen LogP contribution >= 0.6 is 11.6 Å². The van der Waals surface area contributed by atoms with Crippen molar-refractivity contribution in [2.45, 2.75) is 69.1 Å². The van der Waals surface area contributed by atoms with Gasteiger partial charge in [-0.25, -0.2) is 4.39 Å². The Hall–Kier alpha value is -3.07. The quantitative estimate of drug-likeness (QED) is 0.316. The molecule has 0 spiro atoms. The zero-order chi connectivity index (χ0) is 27.7. The van der Waals surface area contributed by atoms with Gasteiger partial charge in [-0.2, -0.15) is 9.97 Å². The van der Waals surface area contributed by atoms with Gasteiger partial charge in [-0.15, -0.1) is 0 Å². The molecule has 2 bridgehead atoms. The monoisotopic (exact) mass is 572 g/mol. The molecule has 4 saturated heterocycles. The van der Waals surface area contributed by atoms with Crippen LogP contribution in [0.15, 0.2) is 42.6 Å². The van der Waals surface area contributed by atoms with E-state index in [2.05, 4.69) is 27.0 Å². The largest absolute Gasteiger partial charge is 0.461 e. The fourth-order valence-electron chi connectivity index (χ4n) is 7.95. The third kappa shape index (κ3) is 4.17. The van der Waals surface area contributed by atoms with Crippen LogP contribution in [-0.4, -0.2) is 69.8 Å². The van der Waals surface area contributed by atoms with Crippen molar-refractivity contribution in [1.29, 1.82) is 0 Å². The number of hydrogen-bond acceptors (Lipinski definition) is 7. The van der Waals surface area contributed by atoms with Crippen molar-refractivity contribution in [3.05, 3.63) is 53.4 Å². The van der Waals surface area contributed by atoms with Crippen LogP contribution in [0.2, 0.25) is 5.02 Å². The highest BCUT2D eigenvalue weighted by atomic mass is 35.5. The van der Waals surface area contributed by atoms with Gasteiger partial charge in [-0.05, 0) is 63.4 Å². The smallest absolute Gasteiger partial charge is 0.319 e. The number of piperazine rings is 1. The van der Waals surface area contributed by atoms with Crippen LogP contribution in [0.4, 0.5) is 10.2 Å². The maximum atomic E-state index is 16.6. The molecule has 0 saturated carbocycles. The number of fused-ring (bicyclic) bond motifs is 5. The highest BCUT2D eigenvalue weighted by molar-refractivity contribution is 6.36. The van der Waals surface area contributed by atoms with E-state index in [1.807, 2.05) is 36.4 Å². The van der Waals surface area contributed by atoms with Gasteiger partial charge in [-0.3, -0.25) is 9.88 Å². The van der Waals surface area contributed by atoms with Crippen LogP contribution in [0.25, 0.3) is 32.9 Å². The average molecular weight is 573 g/mol. The molecular formula is C32H34ClFN6O. The molecule has 9 heteroatoms. The molecule has 2 aromatic heterocycles. The van der Waals surface area contributed by atoms with Crippen molar-refractivity contribution in [3.8, 4) is 17.3 Å². The second-order valence-electron chi connectivity index (χ2n) is 12.4. The Labute approximate surface area is 244 Å². The standard InChI is InChI=1S/C32H34ClFN6O/c1-19-11-13-32(12-4-14-40(19)32)18-41-31-37-29-24(30(38-31)39-16-21-9-10-22(17-39)36-21)15-35-28(27(29)34)23-7-2-5-20-6-3-8-25(33)26(20)23/h2-3,5-8,15,19,21-22,36H,4,9-14,16-18H2,1H3/t19-,21?,22?,32?/m0/s1. The van der Waals surface area contributed by atoms with Gasteiger partial charge in [0, 0.05) is 53.4 Å². The molecule has 4 aliphatic rings. The zero-order valence-electron chi connectivity index (χ0n) is 23.2. The van der Waals surface area contributed by atoms with Gasteiger partial charge >= 0.3 is 6.01 Å². The Kier molecular flexibility index (Phi) is 6.09. The summed E-state index contributed by atoms with van der Waals surface area (Å²) in [7, 11) is 0. The minimum Gasteiger partial charge on any atom is -0.461 e. The van der Waals surface area contributed by atoms with Crippen LogP contribution in [-0.2, 0) is 0 Å². The number of hydrogen-bond donors (Lipinski definition) is 1. The number of halogens is 2. The molecule has 4 atom stereocenters.